The molecule has 3 aliphatic rings. The van der Waals surface area contributed by atoms with Crippen molar-refractivity contribution in [2.24, 2.45) is 11.3 Å². The van der Waals surface area contributed by atoms with Gasteiger partial charge in [0, 0.05) is 11.3 Å². The number of halogens is 1. The Morgan fingerprint density at radius 3 is 2.16 bits per heavy atom. The second-order valence-corrected chi connectivity index (χ2v) is 7.81. The van der Waals surface area contributed by atoms with Gasteiger partial charge in [-0.05, 0) is 48.6 Å². The third-order valence-corrected chi connectivity index (χ3v) is 4.86. The molecule has 3 rings (SSSR count). The molecule has 0 spiro atoms. The molecular weight excluding hydrogens is 307 g/mol. The van der Waals surface area contributed by atoms with Gasteiger partial charge < -0.3 is 0 Å². The van der Waals surface area contributed by atoms with Crippen LogP contribution in [0.3, 0.4) is 0 Å². The molecule has 0 heterocycles. The quantitative estimate of drug-likeness (QED) is 0.536. The topological polar surface area (TPSA) is 0 Å². The summed E-state index contributed by atoms with van der Waals surface area (Å²) in [5, 5.41) is 0. The van der Waals surface area contributed by atoms with Crippen LogP contribution in [0.4, 0.5) is 4.39 Å². The molecule has 0 saturated heterocycles. The Morgan fingerprint density at radius 2 is 1.48 bits per heavy atom. The van der Waals surface area contributed by atoms with Crippen molar-refractivity contribution in [3.63, 3.8) is 0 Å². The molecule has 3 aliphatic carbocycles. The van der Waals surface area contributed by atoms with Crippen molar-refractivity contribution in [2.75, 3.05) is 0 Å². The normalized spacial score (nSPS) is 28.7. The summed E-state index contributed by atoms with van der Waals surface area (Å²) in [5.41, 5.74) is 2.31. The van der Waals surface area contributed by atoms with Crippen molar-refractivity contribution in [2.45, 2.75) is 39.3 Å². The van der Waals surface area contributed by atoms with Crippen LogP contribution >= 0.6 is 0 Å². The van der Waals surface area contributed by atoms with Crippen LogP contribution in [-0.2, 0) is 0 Å². The summed E-state index contributed by atoms with van der Waals surface area (Å²) in [6.07, 6.45) is 29.1. The van der Waals surface area contributed by atoms with Gasteiger partial charge in [-0.15, -0.1) is 0 Å². The lowest BCUT2D eigenvalue weighted by molar-refractivity contribution is 0.328. The maximum Gasteiger partial charge on any atom is 0.145 e. The van der Waals surface area contributed by atoms with E-state index in [2.05, 4.69) is 62.5 Å². The minimum Gasteiger partial charge on any atom is -0.235 e. The van der Waals surface area contributed by atoms with Gasteiger partial charge in [-0.2, -0.15) is 0 Å². The van der Waals surface area contributed by atoms with Gasteiger partial charge in [0.05, 0.1) is 0 Å². The average Bonchev–Trinajstić information content (AvgIpc) is 2.85. The lowest BCUT2D eigenvalue weighted by atomic mass is 9.81. The van der Waals surface area contributed by atoms with E-state index in [1.807, 2.05) is 18.2 Å². The zero-order valence-electron chi connectivity index (χ0n) is 15.4. The van der Waals surface area contributed by atoms with Crippen LogP contribution in [-0.4, -0.2) is 5.67 Å². The molecule has 0 fully saturated rings. The van der Waals surface area contributed by atoms with Crippen LogP contribution in [0.5, 0.6) is 0 Å². The van der Waals surface area contributed by atoms with E-state index >= 15 is 0 Å². The number of hydrogen-bond acceptors (Lipinski definition) is 0. The van der Waals surface area contributed by atoms with Gasteiger partial charge in [0.25, 0.3) is 0 Å². The molecule has 25 heavy (non-hydrogen) atoms. The highest BCUT2D eigenvalue weighted by Gasteiger charge is 2.24. The monoisotopic (exact) mass is 334 g/mol. The Balaban J connectivity index is 2.03. The van der Waals surface area contributed by atoms with Crippen molar-refractivity contribution in [1.29, 1.82) is 0 Å². The van der Waals surface area contributed by atoms with Crippen LogP contribution in [0.25, 0.3) is 0 Å². The van der Waals surface area contributed by atoms with Crippen molar-refractivity contribution >= 4 is 0 Å². The molecule has 2 unspecified atom stereocenters. The van der Waals surface area contributed by atoms with Gasteiger partial charge in [-0.25, -0.2) is 4.39 Å². The minimum atomic E-state index is -1.39. The maximum absolute atomic E-state index is 14.3. The Hall–Kier alpha value is -2.15. The van der Waals surface area contributed by atoms with Crippen LogP contribution in [0.2, 0.25) is 0 Å². The first-order chi connectivity index (χ1) is 11.9. The molecule has 0 N–H and O–H groups in total. The van der Waals surface area contributed by atoms with E-state index in [-0.39, 0.29) is 11.3 Å². The molecule has 0 radical (unpaired) electrons. The standard InChI is InChI=1S/C24H27F/c1-23(2)15-7-11-20(13-17-23)22(19-9-5-4-6-10-19)21-12-8-16-24(3,25)18-14-21/h5,7-18,22H,4,6H2,1-3H3. The Bertz CT molecular complexity index is 708. The third-order valence-electron chi connectivity index (χ3n) is 4.86. The highest BCUT2D eigenvalue weighted by Crippen LogP contribution is 2.36. The highest BCUT2D eigenvalue weighted by molar-refractivity contribution is 5.51. The first-order valence-electron chi connectivity index (χ1n) is 9.09. The number of alkyl halides is 1. The average molecular weight is 334 g/mol. The van der Waals surface area contributed by atoms with E-state index < -0.39 is 5.67 Å². The first kappa shape index (κ1) is 17.7. The van der Waals surface area contributed by atoms with Gasteiger partial charge in [0.1, 0.15) is 5.67 Å². The molecule has 130 valence electrons. The van der Waals surface area contributed by atoms with Crippen LogP contribution in [0.15, 0.2) is 95.7 Å². The van der Waals surface area contributed by atoms with E-state index in [0.29, 0.717) is 0 Å². The van der Waals surface area contributed by atoms with Crippen molar-refractivity contribution in [1.82, 2.24) is 0 Å². The predicted octanol–water partition coefficient (Wildman–Crippen LogP) is 6.74. The molecule has 1 heteroatoms. The molecular formula is C24H27F. The lowest BCUT2D eigenvalue weighted by Crippen LogP contribution is -2.11. The van der Waals surface area contributed by atoms with E-state index in [0.717, 1.165) is 18.4 Å². The third kappa shape index (κ3) is 4.48. The Kier molecular flexibility index (Phi) is 4.94. The van der Waals surface area contributed by atoms with Gasteiger partial charge in [-0.1, -0.05) is 80.7 Å². The first-order valence-corrected chi connectivity index (χ1v) is 9.09. The van der Waals surface area contributed by atoms with Crippen LogP contribution < -0.4 is 0 Å². The summed E-state index contributed by atoms with van der Waals surface area (Å²) >= 11 is 0. The predicted molar refractivity (Wildman–Crippen MR) is 106 cm³/mol. The number of hydrogen-bond donors (Lipinski definition) is 0. The highest BCUT2D eigenvalue weighted by atomic mass is 19.1. The smallest absolute Gasteiger partial charge is 0.145 e. The summed E-state index contributed by atoms with van der Waals surface area (Å²) < 4.78 is 14.3. The number of allylic oxidation sites excluding steroid dienone is 16. The maximum atomic E-state index is 14.3. The molecule has 0 nitrogen and oxygen atoms in total. The summed E-state index contributed by atoms with van der Waals surface area (Å²) in [4.78, 5) is 0. The summed E-state index contributed by atoms with van der Waals surface area (Å²) in [7, 11) is 0. The van der Waals surface area contributed by atoms with Gasteiger partial charge in [0.15, 0.2) is 0 Å². The Morgan fingerprint density at radius 1 is 0.800 bits per heavy atom. The summed E-state index contributed by atoms with van der Waals surface area (Å²) in [6, 6.07) is 0. The van der Waals surface area contributed by atoms with Gasteiger partial charge in [-0.3, -0.25) is 0 Å². The van der Waals surface area contributed by atoms with Crippen molar-refractivity contribution in [3.8, 4) is 0 Å². The SMILES string of the molecule is CC1(C)C=CC=C(C(C2=CC=CC(C)(F)C=C2)C2=CCCC=C2)C=C1. The fraction of sp³-hybridized carbons (Fsp3) is 0.333. The van der Waals surface area contributed by atoms with Crippen molar-refractivity contribution < 1.29 is 4.39 Å². The number of rotatable bonds is 3. The fourth-order valence-electron chi connectivity index (χ4n) is 3.36. The van der Waals surface area contributed by atoms with E-state index in [1.54, 1.807) is 19.1 Å². The zero-order valence-corrected chi connectivity index (χ0v) is 15.4. The van der Waals surface area contributed by atoms with E-state index in [9.17, 15) is 4.39 Å². The Labute approximate surface area is 151 Å². The minimum absolute atomic E-state index is 0.0463. The molecule has 0 aromatic carbocycles. The molecule has 0 bridgehead atoms. The molecule has 0 saturated carbocycles. The largest absolute Gasteiger partial charge is 0.235 e. The summed E-state index contributed by atoms with van der Waals surface area (Å²) in [6.45, 7) is 5.99. The van der Waals surface area contributed by atoms with E-state index in [1.165, 1.54) is 11.1 Å². The molecule has 0 amide bonds. The van der Waals surface area contributed by atoms with Crippen LogP contribution in [0, 0.1) is 11.3 Å². The molecule has 2 atom stereocenters. The van der Waals surface area contributed by atoms with Gasteiger partial charge in [0.2, 0.25) is 0 Å². The summed E-state index contributed by atoms with van der Waals surface area (Å²) in [5.74, 6) is 0.126. The molecule has 0 aliphatic heterocycles. The second-order valence-electron chi connectivity index (χ2n) is 7.81. The van der Waals surface area contributed by atoms with Crippen LogP contribution in [0.1, 0.15) is 33.6 Å². The molecule has 0 aromatic rings. The lowest BCUT2D eigenvalue weighted by Gasteiger charge is -2.23. The zero-order chi connectivity index (χ0) is 17.9. The molecule has 0 aromatic heterocycles. The van der Waals surface area contributed by atoms with Crippen molar-refractivity contribution in [3.05, 3.63) is 95.7 Å². The second kappa shape index (κ2) is 7.00. The van der Waals surface area contributed by atoms with Gasteiger partial charge >= 0.3 is 0 Å². The van der Waals surface area contributed by atoms with E-state index in [4.69, 9.17) is 0 Å². The fourth-order valence-corrected chi connectivity index (χ4v) is 3.36.